The first kappa shape index (κ1) is 15.9. The molecule has 6 heteroatoms. The van der Waals surface area contributed by atoms with Crippen molar-refractivity contribution >= 4 is 50.7 Å². The van der Waals surface area contributed by atoms with E-state index in [0.717, 1.165) is 11.1 Å². The molecule has 106 valence electrons. The van der Waals surface area contributed by atoms with Crippen LogP contribution in [0, 0.1) is 5.82 Å². The van der Waals surface area contributed by atoms with Crippen LogP contribution in [0.5, 0.6) is 5.75 Å². The zero-order valence-corrected chi connectivity index (χ0v) is 14.0. The maximum atomic E-state index is 13.1. The molecule has 0 aromatic heterocycles. The van der Waals surface area contributed by atoms with Gasteiger partial charge in [-0.1, -0.05) is 56.8 Å². The third-order valence-corrected chi connectivity index (χ3v) is 3.99. The van der Waals surface area contributed by atoms with E-state index in [2.05, 4.69) is 15.9 Å². The average Bonchev–Trinajstić information content (AvgIpc) is 2.40. The third kappa shape index (κ3) is 3.79. The summed E-state index contributed by atoms with van der Waals surface area (Å²) in [5.41, 5.74) is 1.60. The molecule has 0 unspecified atom stereocenters. The minimum Gasteiger partial charge on any atom is -0.487 e. The van der Waals surface area contributed by atoms with E-state index in [1.807, 2.05) is 0 Å². The van der Waals surface area contributed by atoms with E-state index in [-0.39, 0.29) is 11.6 Å². The molecular weight excluding hydrogens is 389 g/mol. The topological polar surface area (TPSA) is 9.23 Å². The molecule has 0 atom stereocenters. The van der Waals surface area contributed by atoms with Gasteiger partial charge < -0.3 is 4.74 Å². The van der Waals surface area contributed by atoms with Crippen LogP contribution in [0.4, 0.5) is 4.39 Å². The first-order valence-corrected chi connectivity index (χ1v) is 7.87. The van der Waals surface area contributed by atoms with Crippen molar-refractivity contribution in [1.82, 2.24) is 0 Å². The van der Waals surface area contributed by atoms with E-state index < -0.39 is 5.82 Å². The Morgan fingerprint density at radius 3 is 2.45 bits per heavy atom. The fourth-order valence-electron chi connectivity index (χ4n) is 1.66. The Bertz CT molecular complexity index is 634. The summed E-state index contributed by atoms with van der Waals surface area (Å²) < 4.78 is 18.8. The normalized spacial score (nSPS) is 10.7. The zero-order valence-electron chi connectivity index (χ0n) is 10.1. The summed E-state index contributed by atoms with van der Waals surface area (Å²) in [7, 11) is 0. The van der Waals surface area contributed by atoms with Crippen molar-refractivity contribution < 1.29 is 9.13 Å². The Hall–Kier alpha value is -0.480. The summed E-state index contributed by atoms with van der Waals surface area (Å²) >= 11 is 21.1. The summed E-state index contributed by atoms with van der Waals surface area (Å²) in [6.45, 7) is 0.237. The van der Waals surface area contributed by atoms with Crippen molar-refractivity contribution in [3.05, 3.63) is 62.3 Å². The molecule has 0 heterocycles. The van der Waals surface area contributed by atoms with E-state index in [0.29, 0.717) is 21.1 Å². The first-order chi connectivity index (χ1) is 9.51. The Labute approximate surface area is 139 Å². The van der Waals surface area contributed by atoms with Crippen LogP contribution >= 0.6 is 50.7 Å². The Morgan fingerprint density at radius 1 is 1.05 bits per heavy atom. The molecule has 0 N–H and O–H groups in total. The van der Waals surface area contributed by atoms with Crippen LogP contribution in [0.15, 0.2) is 30.3 Å². The van der Waals surface area contributed by atoms with Crippen LogP contribution < -0.4 is 4.74 Å². The lowest BCUT2D eigenvalue weighted by Gasteiger charge is -2.13. The lowest BCUT2D eigenvalue weighted by Crippen LogP contribution is -1.99. The molecule has 2 aromatic rings. The Morgan fingerprint density at radius 2 is 1.80 bits per heavy atom. The molecule has 0 spiro atoms. The van der Waals surface area contributed by atoms with E-state index in [9.17, 15) is 4.39 Å². The molecular formula is C14H9BrCl3FO. The smallest absolute Gasteiger partial charge is 0.142 e. The van der Waals surface area contributed by atoms with E-state index in [4.69, 9.17) is 39.5 Å². The minimum absolute atomic E-state index is 0.0639. The summed E-state index contributed by atoms with van der Waals surface area (Å²) in [6, 6.07) is 7.82. The summed E-state index contributed by atoms with van der Waals surface area (Å²) in [5, 5.41) is 1.60. The van der Waals surface area contributed by atoms with Crippen molar-refractivity contribution in [3.8, 4) is 5.75 Å². The standard InChI is InChI=1S/C14H9BrCl3FO/c15-6-9-4-10(16)5-12(18)14(9)20-7-8-1-2-13(19)11(17)3-8/h1-5H,6-7H2. The zero-order chi connectivity index (χ0) is 14.7. The lowest BCUT2D eigenvalue weighted by atomic mass is 10.2. The highest BCUT2D eigenvalue weighted by Gasteiger charge is 2.11. The van der Waals surface area contributed by atoms with Crippen LogP contribution in [0.2, 0.25) is 15.1 Å². The molecule has 0 aliphatic rings. The summed E-state index contributed by atoms with van der Waals surface area (Å²) in [5.74, 6) is 0.0921. The predicted molar refractivity (Wildman–Crippen MR) is 84.8 cm³/mol. The minimum atomic E-state index is -0.457. The molecule has 0 amide bonds. The van der Waals surface area contributed by atoms with Gasteiger partial charge in [-0.25, -0.2) is 4.39 Å². The second-order valence-corrected chi connectivity index (χ2v) is 5.86. The van der Waals surface area contributed by atoms with Crippen molar-refractivity contribution in [1.29, 1.82) is 0 Å². The second kappa shape index (κ2) is 6.99. The van der Waals surface area contributed by atoms with Gasteiger partial charge in [0.2, 0.25) is 0 Å². The number of halogens is 5. The molecule has 20 heavy (non-hydrogen) atoms. The summed E-state index contributed by atoms with van der Waals surface area (Å²) in [4.78, 5) is 0. The molecule has 1 nitrogen and oxygen atoms in total. The average molecular weight is 398 g/mol. The van der Waals surface area contributed by atoms with Gasteiger partial charge in [-0.2, -0.15) is 0 Å². The third-order valence-electron chi connectivity index (χ3n) is 2.60. The van der Waals surface area contributed by atoms with Crippen LogP contribution in [-0.4, -0.2) is 0 Å². The number of alkyl halides is 1. The highest BCUT2D eigenvalue weighted by Crippen LogP contribution is 2.34. The SMILES string of the molecule is Fc1ccc(COc2c(Cl)cc(Cl)cc2CBr)cc1Cl. The van der Waals surface area contributed by atoms with E-state index in [1.165, 1.54) is 12.1 Å². The highest BCUT2D eigenvalue weighted by atomic mass is 79.9. The van der Waals surface area contributed by atoms with Crippen LogP contribution in [0.1, 0.15) is 11.1 Å². The van der Waals surface area contributed by atoms with Crippen molar-refractivity contribution in [2.75, 3.05) is 0 Å². The molecule has 0 aliphatic heterocycles. The Balaban J connectivity index is 2.20. The van der Waals surface area contributed by atoms with Gasteiger partial charge in [0.25, 0.3) is 0 Å². The lowest BCUT2D eigenvalue weighted by molar-refractivity contribution is 0.304. The molecule has 0 saturated heterocycles. The number of rotatable bonds is 4. The predicted octanol–water partition coefficient (Wildman–Crippen LogP) is 6.26. The highest BCUT2D eigenvalue weighted by molar-refractivity contribution is 9.08. The van der Waals surface area contributed by atoms with Crippen LogP contribution in [-0.2, 0) is 11.9 Å². The van der Waals surface area contributed by atoms with Gasteiger partial charge in [0.1, 0.15) is 18.2 Å². The largest absolute Gasteiger partial charge is 0.487 e. The Kier molecular flexibility index (Phi) is 5.56. The molecule has 2 aromatic carbocycles. The molecule has 0 aliphatic carbocycles. The van der Waals surface area contributed by atoms with E-state index >= 15 is 0 Å². The maximum Gasteiger partial charge on any atom is 0.142 e. The van der Waals surface area contributed by atoms with Crippen molar-refractivity contribution in [2.45, 2.75) is 11.9 Å². The van der Waals surface area contributed by atoms with Gasteiger partial charge in [0.05, 0.1) is 10.0 Å². The van der Waals surface area contributed by atoms with E-state index in [1.54, 1.807) is 18.2 Å². The number of benzene rings is 2. The molecule has 2 rings (SSSR count). The maximum absolute atomic E-state index is 13.1. The fraction of sp³-hybridized carbons (Fsp3) is 0.143. The van der Waals surface area contributed by atoms with Gasteiger partial charge in [-0.05, 0) is 29.8 Å². The van der Waals surface area contributed by atoms with Crippen LogP contribution in [0.3, 0.4) is 0 Å². The molecule has 0 fully saturated rings. The van der Waals surface area contributed by atoms with Crippen molar-refractivity contribution in [3.63, 3.8) is 0 Å². The monoisotopic (exact) mass is 396 g/mol. The number of ether oxygens (including phenoxy) is 1. The number of hydrogen-bond acceptors (Lipinski definition) is 1. The molecule has 0 bridgehead atoms. The second-order valence-electron chi connectivity index (χ2n) is 4.05. The summed E-state index contributed by atoms with van der Waals surface area (Å²) in [6.07, 6.45) is 0. The van der Waals surface area contributed by atoms with Gasteiger partial charge in [-0.15, -0.1) is 0 Å². The van der Waals surface area contributed by atoms with Gasteiger partial charge in [0, 0.05) is 15.9 Å². The number of hydrogen-bond donors (Lipinski definition) is 0. The van der Waals surface area contributed by atoms with Gasteiger partial charge in [-0.3, -0.25) is 0 Å². The van der Waals surface area contributed by atoms with Crippen LogP contribution in [0.25, 0.3) is 0 Å². The quantitative estimate of drug-likeness (QED) is 0.552. The molecule has 0 radical (unpaired) electrons. The van der Waals surface area contributed by atoms with Crippen molar-refractivity contribution in [2.24, 2.45) is 0 Å². The van der Waals surface area contributed by atoms with Gasteiger partial charge in [0.15, 0.2) is 0 Å². The fourth-order valence-corrected chi connectivity index (χ4v) is 2.87. The van der Waals surface area contributed by atoms with Gasteiger partial charge >= 0.3 is 0 Å². The molecule has 0 saturated carbocycles. The first-order valence-electron chi connectivity index (χ1n) is 5.62.